The van der Waals surface area contributed by atoms with Crippen LogP contribution in [0.4, 0.5) is 16.3 Å². The van der Waals surface area contributed by atoms with Gasteiger partial charge in [0.25, 0.3) is 0 Å². The molecular weight excluding hydrogens is 406 g/mol. The highest BCUT2D eigenvalue weighted by molar-refractivity contribution is 5.89. The Balaban J connectivity index is 1.39. The number of aromatic nitrogens is 2. The first-order chi connectivity index (χ1) is 15.6. The molecule has 1 aliphatic heterocycles. The quantitative estimate of drug-likeness (QED) is 0.659. The molecular formula is C24H27N5O3. The van der Waals surface area contributed by atoms with Gasteiger partial charge in [0.15, 0.2) is 5.82 Å². The molecule has 2 aromatic carbocycles. The highest BCUT2D eigenvalue weighted by Gasteiger charge is 2.22. The Morgan fingerprint density at radius 3 is 2.41 bits per heavy atom. The maximum atomic E-state index is 12.6. The second-order valence-electron chi connectivity index (χ2n) is 7.62. The van der Waals surface area contributed by atoms with Gasteiger partial charge in [0.2, 0.25) is 0 Å². The Morgan fingerprint density at radius 2 is 1.75 bits per heavy atom. The maximum absolute atomic E-state index is 12.6. The fourth-order valence-corrected chi connectivity index (χ4v) is 3.72. The molecule has 3 aromatic rings. The van der Waals surface area contributed by atoms with E-state index in [0.29, 0.717) is 37.6 Å². The molecule has 0 radical (unpaired) electrons. The van der Waals surface area contributed by atoms with Gasteiger partial charge in [-0.05, 0) is 55.0 Å². The van der Waals surface area contributed by atoms with E-state index in [1.807, 2.05) is 66.4 Å². The summed E-state index contributed by atoms with van der Waals surface area (Å²) in [5.74, 6) is 2.22. The molecule has 1 aromatic heterocycles. The molecule has 166 valence electrons. The number of ether oxygens (including phenoxy) is 2. The number of carbonyl (C=O) groups is 1. The van der Waals surface area contributed by atoms with Crippen LogP contribution in [-0.4, -0.2) is 61.5 Å². The standard InChI is InChI=1S/C24H27N5O3/c1-17-5-4-6-18(15-17)25-24(30)29-13-11-28(12-14-29)23-10-8-21(26-27-23)20-16-19(31-2)7-9-22(20)32-3/h4-10,15-16H,11-14H2,1-3H3,(H,25,30). The van der Waals surface area contributed by atoms with Crippen molar-refractivity contribution in [2.45, 2.75) is 6.92 Å². The molecule has 0 bridgehead atoms. The molecule has 0 saturated carbocycles. The smallest absolute Gasteiger partial charge is 0.321 e. The van der Waals surface area contributed by atoms with E-state index >= 15 is 0 Å². The number of urea groups is 1. The first kappa shape index (κ1) is 21.4. The summed E-state index contributed by atoms with van der Waals surface area (Å²) in [5.41, 5.74) is 3.46. The van der Waals surface area contributed by atoms with E-state index in [9.17, 15) is 4.79 Å². The van der Waals surface area contributed by atoms with Crippen LogP contribution in [-0.2, 0) is 0 Å². The van der Waals surface area contributed by atoms with Crippen molar-refractivity contribution >= 4 is 17.5 Å². The summed E-state index contributed by atoms with van der Waals surface area (Å²) in [6, 6.07) is 17.2. The van der Waals surface area contributed by atoms with Gasteiger partial charge in [-0.1, -0.05) is 12.1 Å². The summed E-state index contributed by atoms with van der Waals surface area (Å²) < 4.78 is 10.8. The Labute approximate surface area is 187 Å². The highest BCUT2D eigenvalue weighted by atomic mass is 16.5. The molecule has 0 aliphatic carbocycles. The molecule has 1 aliphatic rings. The average molecular weight is 434 g/mol. The molecule has 1 N–H and O–H groups in total. The fourth-order valence-electron chi connectivity index (χ4n) is 3.72. The number of hydrogen-bond acceptors (Lipinski definition) is 6. The van der Waals surface area contributed by atoms with E-state index in [0.717, 1.165) is 28.4 Å². The number of anilines is 2. The van der Waals surface area contributed by atoms with Crippen LogP contribution in [0.3, 0.4) is 0 Å². The minimum Gasteiger partial charge on any atom is -0.497 e. The number of piperazine rings is 1. The van der Waals surface area contributed by atoms with Crippen LogP contribution >= 0.6 is 0 Å². The molecule has 0 spiro atoms. The lowest BCUT2D eigenvalue weighted by Gasteiger charge is -2.35. The van der Waals surface area contributed by atoms with Gasteiger partial charge in [-0.25, -0.2) is 4.79 Å². The minimum atomic E-state index is -0.0817. The third kappa shape index (κ3) is 4.74. The molecule has 1 fully saturated rings. The number of nitrogens with zero attached hydrogens (tertiary/aromatic N) is 4. The number of benzene rings is 2. The van der Waals surface area contributed by atoms with Crippen molar-refractivity contribution in [2.24, 2.45) is 0 Å². The molecule has 32 heavy (non-hydrogen) atoms. The summed E-state index contributed by atoms with van der Waals surface area (Å²) >= 11 is 0. The van der Waals surface area contributed by atoms with Crippen LogP contribution < -0.4 is 19.7 Å². The average Bonchev–Trinajstić information content (AvgIpc) is 2.84. The van der Waals surface area contributed by atoms with Crippen molar-refractivity contribution in [3.63, 3.8) is 0 Å². The number of rotatable bonds is 5. The van der Waals surface area contributed by atoms with Gasteiger partial charge < -0.3 is 24.6 Å². The number of hydrogen-bond donors (Lipinski definition) is 1. The van der Waals surface area contributed by atoms with E-state index in [2.05, 4.69) is 20.4 Å². The number of methoxy groups -OCH3 is 2. The molecule has 0 atom stereocenters. The molecule has 0 unspecified atom stereocenters. The topological polar surface area (TPSA) is 79.8 Å². The lowest BCUT2D eigenvalue weighted by molar-refractivity contribution is 0.208. The molecule has 2 amide bonds. The summed E-state index contributed by atoms with van der Waals surface area (Å²) in [6.45, 7) is 4.62. The van der Waals surface area contributed by atoms with Crippen molar-refractivity contribution < 1.29 is 14.3 Å². The minimum absolute atomic E-state index is 0.0817. The van der Waals surface area contributed by atoms with E-state index in [1.165, 1.54) is 0 Å². The zero-order valence-corrected chi connectivity index (χ0v) is 18.5. The Bertz CT molecular complexity index is 1080. The Morgan fingerprint density at radius 1 is 0.938 bits per heavy atom. The van der Waals surface area contributed by atoms with Crippen molar-refractivity contribution in [1.82, 2.24) is 15.1 Å². The summed E-state index contributed by atoms with van der Waals surface area (Å²) in [5, 5.41) is 11.8. The largest absolute Gasteiger partial charge is 0.497 e. The van der Waals surface area contributed by atoms with Crippen LogP contribution in [0.1, 0.15) is 5.56 Å². The lowest BCUT2D eigenvalue weighted by atomic mass is 10.1. The van der Waals surface area contributed by atoms with E-state index < -0.39 is 0 Å². The number of amides is 2. The van der Waals surface area contributed by atoms with Crippen molar-refractivity contribution in [2.75, 3.05) is 50.6 Å². The van der Waals surface area contributed by atoms with Crippen LogP contribution in [0, 0.1) is 6.92 Å². The number of aryl methyl sites for hydroxylation is 1. The molecule has 2 heterocycles. The maximum Gasteiger partial charge on any atom is 0.321 e. The number of carbonyl (C=O) groups excluding carboxylic acids is 1. The second-order valence-corrected chi connectivity index (χ2v) is 7.62. The van der Waals surface area contributed by atoms with Crippen molar-refractivity contribution in [3.8, 4) is 22.8 Å². The zero-order chi connectivity index (χ0) is 22.5. The molecule has 8 nitrogen and oxygen atoms in total. The van der Waals surface area contributed by atoms with Gasteiger partial charge in [0.1, 0.15) is 11.5 Å². The first-order valence-electron chi connectivity index (χ1n) is 10.5. The van der Waals surface area contributed by atoms with Gasteiger partial charge in [-0.3, -0.25) is 0 Å². The summed E-state index contributed by atoms with van der Waals surface area (Å²) in [7, 11) is 3.25. The predicted octanol–water partition coefficient (Wildman–Crippen LogP) is 3.82. The molecule has 8 heteroatoms. The molecule has 1 saturated heterocycles. The van der Waals surface area contributed by atoms with Gasteiger partial charge in [0, 0.05) is 37.4 Å². The van der Waals surface area contributed by atoms with Crippen LogP contribution in [0.15, 0.2) is 54.6 Å². The van der Waals surface area contributed by atoms with Crippen LogP contribution in [0.25, 0.3) is 11.3 Å². The highest BCUT2D eigenvalue weighted by Crippen LogP contribution is 2.32. The summed E-state index contributed by atoms with van der Waals surface area (Å²) in [4.78, 5) is 16.5. The monoisotopic (exact) mass is 433 g/mol. The van der Waals surface area contributed by atoms with E-state index in [1.54, 1.807) is 14.2 Å². The van der Waals surface area contributed by atoms with Gasteiger partial charge in [0.05, 0.1) is 19.9 Å². The first-order valence-corrected chi connectivity index (χ1v) is 10.5. The second kappa shape index (κ2) is 9.55. The van der Waals surface area contributed by atoms with Crippen LogP contribution in [0.5, 0.6) is 11.5 Å². The van der Waals surface area contributed by atoms with E-state index in [-0.39, 0.29) is 6.03 Å². The fraction of sp³-hybridized carbons (Fsp3) is 0.292. The van der Waals surface area contributed by atoms with Crippen molar-refractivity contribution in [1.29, 1.82) is 0 Å². The Kier molecular flexibility index (Phi) is 6.39. The Hall–Kier alpha value is -3.81. The predicted molar refractivity (Wildman–Crippen MR) is 125 cm³/mol. The third-order valence-electron chi connectivity index (χ3n) is 5.49. The normalized spacial score (nSPS) is 13.6. The third-order valence-corrected chi connectivity index (χ3v) is 5.49. The van der Waals surface area contributed by atoms with Crippen LogP contribution in [0.2, 0.25) is 0 Å². The van der Waals surface area contributed by atoms with Gasteiger partial charge >= 0.3 is 6.03 Å². The number of nitrogens with one attached hydrogen (secondary N) is 1. The molecule has 4 rings (SSSR count). The zero-order valence-electron chi connectivity index (χ0n) is 18.5. The van der Waals surface area contributed by atoms with E-state index in [4.69, 9.17) is 9.47 Å². The van der Waals surface area contributed by atoms with Crippen molar-refractivity contribution in [3.05, 3.63) is 60.2 Å². The SMILES string of the molecule is COc1ccc(OC)c(-c2ccc(N3CCN(C(=O)Nc4cccc(C)c4)CC3)nn2)c1. The lowest BCUT2D eigenvalue weighted by Crippen LogP contribution is -2.50. The van der Waals surface area contributed by atoms with Gasteiger partial charge in [-0.15, -0.1) is 10.2 Å². The van der Waals surface area contributed by atoms with Gasteiger partial charge in [-0.2, -0.15) is 0 Å². The summed E-state index contributed by atoms with van der Waals surface area (Å²) in [6.07, 6.45) is 0.